The molecule has 0 saturated carbocycles. The van der Waals surface area contributed by atoms with Crippen molar-refractivity contribution in [2.45, 2.75) is 18.2 Å². The number of aryl methyl sites for hydroxylation is 1. The van der Waals surface area contributed by atoms with Gasteiger partial charge in [-0.1, -0.05) is 19.1 Å². The number of halogens is 2. The van der Waals surface area contributed by atoms with E-state index in [9.17, 15) is 17.2 Å². The van der Waals surface area contributed by atoms with Gasteiger partial charge in [-0.3, -0.25) is 4.72 Å². The van der Waals surface area contributed by atoms with Gasteiger partial charge in [0.1, 0.15) is 4.90 Å². The molecule has 0 saturated heterocycles. The van der Waals surface area contributed by atoms with Crippen LogP contribution in [0.4, 0.5) is 20.2 Å². The van der Waals surface area contributed by atoms with Gasteiger partial charge in [-0.25, -0.2) is 17.2 Å². The Labute approximate surface area is 121 Å². The molecule has 0 aliphatic rings. The van der Waals surface area contributed by atoms with Gasteiger partial charge >= 0.3 is 0 Å². The SMILES string of the molecule is CCc1cccc(NS(=O)(=O)c2cc(N)cc(F)c2F)c1. The van der Waals surface area contributed by atoms with E-state index in [1.807, 2.05) is 13.0 Å². The van der Waals surface area contributed by atoms with Crippen LogP contribution in [0, 0.1) is 11.6 Å². The fraction of sp³-hybridized carbons (Fsp3) is 0.143. The van der Waals surface area contributed by atoms with Crippen LogP contribution >= 0.6 is 0 Å². The summed E-state index contributed by atoms with van der Waals surface area (Å²) in [5.41, 5.74) is 6.38. The number of benzene rings is 2. The largest absolute Gasteiger partial charge is 0.399 e. The summed E-state index contributed by atoms with van der Waals surface area (Å²) < 4.78 is 53.5. The minimum absolute atomic E-state index is 0.170. The van der Waals surface area contributed by atoms with Gasteiger partial charge in [0.15, 0.2) is 11.6 Å². The van der Waals surface area contributed by atoms with E-state index in [0.29, 0.717) is 0 Å². The van der Waals surface area contributed by atoms with Crippen molar-refractivity contribution in [2.24, 2.45) is 0 Å². The summed E-state index contributed by atoms with van der Waals surface area (Å²) in [6.45, 7) is 1.92. The van der Waals surface area contributed by atoms with Gasteiger partial charge in [-0.15, -0.1) is 0 Å². The van der Waals surface area contributed by atoms with Crippen LogP contribution in [-0.4, -0.2) is 8.42 Å². The molecule has 7 heteroatoms. The van der Waals surface area contributed by atoms with Gasteiger partial charge < -0.3 is 5.73 Å². The Morgan fingerprint density at radius 3 is 2.57 bits per heavy atom. The third-order valence-corrected chi connectivity index (χ3v) is 4.27. The van der Waals surface area contributed by atoms with E-state index in [1.54, 1.807) is 12.1 Å². The van der Waals surface area contributed by atoms with E-state index in [0.717, 1.165) is 24.1 Å². The Hall–Kier alpha value is -2.15. The molecule has 0 heterocycles. The lowest BCUT2D eigenvalue weighted by Gasteiger charge is -2.11. The molecule has 112 valence electrons. The maximum atomic E-state index is 13.7. The highest BCUT2D eigenvalue weighted by molar-refractivity contribution is 7.92. The molecule has 4 nitrogen and oxygen atoms in total. The van der Waals surface area contributed by atoms with Crippen LogP contribution < -0.4 is 10.5 Å². The number of anilines is 2. The first-order valence-corrected chi connectivity index (χ1v) is 7.68. The summed E-state index contributed by atoms with van der Waals surface area (Å²) in [4.78, 5) is -0.818. The van der Waals surface area contributed by atoms with E-state index in [1.165, 1.54) is 6.07 Å². The zero-order valence-corrected chi connectivity index (χ0v) is 12.0. The first-order chi connectivity index (χ1) is 9.83. The van der Waals surface area contributed by atoms with Gasteiger partial charge in [0, 0.05) is 11.4 Å². The number of rotatable bonds is 4. The topological polar surface area (TPSA) is 72.2 Å². The number of sulfonamides is 1. The van der Waals surface area contributed by atoms with Crippen molar-refractivity contribution >= 4 is 21.4 Å². The number of nitrogen functional groups attached to an aromatic ring is 1. The van der Waals surface area contributed by atoms with Crippen molar-refractivity contribution < 1.29 is 17.2 Å². The quantitative estimate of drug-likeness (QED) is 0.853. The van der Waals surface area contributed by atoms with Crippen molar-refractivity contribution in [2.75, 3.05) is 10.5 Å². The molecule has 21 heavy (non-hydrogen) atoms. The Balaban J connectivity index is 2.43. The van der Waals surface area contributed by atoms with Crippen molar-refractivity contribution in [1.29, 1.82) is 0 Å². The van der Waals surface area contributed by atoms with Crippen LogP contribution in [0.3, 0.4) is 0 Å². The fourth-order valence-electron chi connectivity index (χ4n) is 1.84. The third kappa shape index (κ3) is 3.30. The Morgan fingerprint density at radius 2 is 1.90 bits per heavy atom. The molecular weight excluding hydrogens is 298 g/mol. The molecule has 0 atom stereocenters. The monoisotopic (exact) mass is 312 g/mol. The average Bonchev–Trinajstić information content (AvgIpc) is 2.42. The number of nitrogens with one attached hydrogen (secondary N) is 1. The second kappa shape index (κ2) is 5.69. The summed E-state index contributed by atoms with van der Waals surface area (Å²) in [6, 6.07) is 8.26. The van der Waals surface area contributed by atoms with Crippen molar-refractivity contribution in [3.05, 3.63) is 53.6 Å². The molecular formula is C14H14F2N2O2S. The van der Waals surface area contributed by atoms with Gasteiger partial charge in [0.25, 0.3) is 10.0 Å². The van der Waals surface area contributed by atoms with Crippen LogP contribution in [0.15, 0.2) is 41.3 Å². The van der Waals surface area contributed by atoms with Gasteiger partial charge in [0.2, 0.25) is 0 Å². The van der Waals surface area contributed by atoms with Crippen LogP contribution in [-0.2, 0) is 16.4 Å². The molecule has 0 aliphatic heterocycles. The second-order valence-electron chi connectivity index (χ2n) is 4.47. The van der Waals surface area contributed by atoms with Crippen molar-refractivity contribution in [1.82, 2.24) is 0 Å². The fourth-order valence-corrected chi connectivity index (χ4v) is 3.02. The number of hydrogen-bond donors (Lipinski definition) is 2. The van der Waals surface area contributed by atoms with E-state index in [4.69, 9.17) is 5.73 Å². The average molecular weight is 312 g/mol. The molecule has 2 aromatic carbocycles. The lowest BCUT2D eigenvalue weighted by molar-refractivity contribution is 0.486. The molecule has 0 radical (unpaired) electrons. The summed E-state index contributed by atoms with van der Waals surface area (Å²) >= 11 is 0. The molecule has 0 unspecified atom stereocenters. The van der Waals surface area contributed by atoms with E-state index < -0.39 is 26.6 Å². The van der Waals surface area contributed by atoms with Gasteiger partial charge in [-0.2, -0.15) is 0 Å². The normalized spacial score (nSPS) is 11.4. The molecule has 0 spiro atoms. The molecule has 0 amide bonds. The lowest BCUT2D eigenvalue weighted by atomic mass is 10.1. The standard InChI is InChI=1S/C14H14F2N2O2S/c1-2-9-4-3-5-11(6-9)18-21(19,20)13-8-10(17)7-12(15)14(13)16/h3-8,18H,2,17H2,1H3. The maximum Gasteiger partial charge on any atom is 0.265 e. The van der Waals surface area contributed by atoms with E-state index >= 15 is 0 Å². The third-order valence-electron chi connectivity index (χ3n) is 2.89. The lowest BCUT2D eigenvalue weighted by Crippen LogP contribution is -2.16. The molecule has 0 fully saturated rings. The van der Waals surface area contributed by atoms with Crippen LogP contribution in [0.1, 0.15) is 12.5 Å². The Morgan fingerprint density at radius 1 is 1.19 bits per heavy atom. The minimum atomic E-state index is -4.26. The van der Waals surface area contributed by atoms with E-state index in [2.05, 4.69) is 4.72 Å². The van der Waals surface area contributed by atoms with Crippen molar-refractivity contribution in [3.8, 4) is 0 Å². The van der Waals surface area contributed by atoms with Crippen molar-refractivity contribution in [3.63, 3.8) is 0 Å². The first kappa shape index (κ1) is 15.2. The zero-order valence-electron chi connectivity index (χ0n) is 11.2. The summed E-state index contributed by atoms with van der Waals surface area (Å²) in [5, 5.41) is 0. The molecule has 0 bridgehead atoms. The second-order valence-corrected chi connectivity index (χ2v) is 6.13. The first-order valence-electron chi connectivity index (χ1n) is 6.19. The predicted octanol–water partition coefficient (Wildman–Crippen LogP) is 2.91. The maximum absolute atomic E-state index is 13.7. The molecule has 2 rings (SSSR count). The summed E-state index contributed by atoms with van der Waals surface area (Å²) in [6.07, 6.45) is 0.719. The molecule has 3 N–H and O–H groups in total. The molecule has 2 aromatic rings. The molecule has 0 aromatic heterocycles. The van der Waals surface area contributed by atoms with Crippen LogP contribution in [0.25, 0.3) is 0 Å². The van der Waals surface area contributed by atoms with Crippen LogP contribution in [0.5, 0.6) is 0 Å². The predicted molar refractivity (Wildman–Crippen MR) is 77.4 cm³/mol. The number of hydrogen-bond acceptors (Lipinski definition) is 3. The summed E-state index contributed by atoms with van der Waals surface area (Å²) in [5.74, 6) is -2.76. The highest BCUT2D eigenvalue weighted by Crippen LogP contribution is 2.24. The van der Waals surface area contributed by atoms with Gasteiger partial charge in [0.05, 0.1) is 0 Å². The highest BCUT2D eigenvalue weighted by Gasteiger charge is 2.22. The Bertz CT molecular complexity index is 777. The van der Waals surface area contributed by atoms with Crippen LogP contribution in [0.2, 0.25) is 0 Å². The van der Waals surface area contributed by atoms with Gasteiger partial charge in [-0.05, 0) is 36.2 Å². The number of nitrogens with two attached hydrogens (primary N) is 1. The summed E-state index contributed by atoms with van der Waals surface area (Å²) in [7, 11) is -4.26. The van der Waals surface area contributed by atoms with E-state index in [-0.39, 0.29) is 11.4 Å². The molecule has 0 aliphatic carbocycles. The Kier molecular flexibility index (Phi) is 4.13. The highest BCUT2D eigenvalue weighted by atomic mass is 32.2. The minimum Gasteiger partial charge on any atom is -0.399 e. The zero-order chi connectivity index (χ0) is 15.6. The smallest absolute Gasteiger partial charge is 0.265 e.